The summed E-state index contributed by atoms with van der Waals surface area (Å²) in [5.41, 5.74) is 7.94. The van der Waals surface area contributed by atoms with Gasteiger partial charge in [-0.15, -0.1) is 0 Å². The van der Waals surface area contributed by atoms with Gasteiger partial charge in [-0.1, -0.05) is 25.1 Å². The number of pyridine rings is 1. The van der Waals surface area contributed by atoms with E-state index in [1.165, 1.54) is 6.92 Å². The standard InChI is InChI=1S/C16H18N2O3/c1-4-12-9(2)14(16(20)21-10(3)15(17)19)11-7-5-6-8-13(11)18-12/h5-8,10H,4H2,1-3H3,(H2,17,19)/t10-/m0/s1. The van der Waals surface area contributed by atoms with Crippen LogP contribution in [0.15, 0.2) is 24.3 Å². The summed E-state index contributed by atoms with van der Waals surface area (Å²) < 4.78 is 5.15. The molecule has 5 heteroatoms. The minimum atomic E-state index is -0.964. The molecule has 2 aromatic rings. The topological polar surface area (TPSA) is 82.3 Å². The third-order valence-electron chi connectivity index (χ3n) is 3.46. The van der Waals surface area contributed by atoms with Gasteiger partial charge in [0.25, 0.3) is 5.91 Å². The van der Waals surface area contributed by atoms with Crippen LogP contribution in [0.3, 0.4) is 0 Å². The van der Waals surface area contributed by atoms with Crippen molar-refractivity contribution < 1.29 is 14.3 Å². The van der Waals surface area contributed by atoms with Crippen LogP contribution in [0, 0.1) is 6.92 Å². The van der Waals surface area contributed by atoms with Crippen LogP contribution < -0.4 is 5.73 Å². The average Bonchev–Trinajstić information content (AvgIpc) is 2.46. The van der Waals surface area contributed by atoms with Gasteiger partial charge < -0.3 is 10.5 Å². The average molecular weight is 286 g/mol. The molecule has 5 nitrogen and oxygen atoms in total. The molecule has 1 amide bonds. The first-order chi connectivity index (χ1) is 9.95. The maximum Gasteiger partial charge on any atom is 0.339 e. The summed E-state index contributed by atoms with van der Waals surface area (Å²) in [6.07, 6.45) is -0.253. The molecule has 0 saturated carbocycles. The van der Waals surface area contributed by atoms with Crippen molar-refractivity contribution in [3.8, 4) is 0 Å². The number of fused-ring (bicyclic) bond motifs is 1. The van der Waals surface area contributed by atoms with E-state index in [2.05, 4.69) is 4.98 Å². The number of aromatic nitrogens is 1. The molecule has 1 heterocycles. The smallest absolute Gasteiger partial charge is 0.339 e. The Hall–Kier alpha value is -2.43. The van der Waals surface area contributed by atoms with E-state index in [1.807, 2.05) is 38.1 Å². The van der Waals surface area contributed by atoms with Gasteiger partial charge in [0.15, 0.2) is 6.10 Å². The quantitative estimate of drug-likeness (QED) is 0.873. The highest BCUT2D eigenvalue weighted by Crippen LogP contribution is 2.24. The summed E-state index contributed by atoms with van der Waals surface area (Å²) in [6.45, 7) is 5.27. The first kappa shape index (κ1) is 15.0. The Kier molecular flexibility index (Phi) is 4.21. The summed E-state index contributed by atoms with van der Waals surface area (Å²) in [5, 5.41) is 0.717. The number of hydrogen-bond acceptors (Lipinski definition) is 4. The minimum Gasteiger partial charge on any atom is -0.449 e. The van der Waals surface area contributed by atoms with Crippen LogP contribution in [0.2, 0.25) is 0 Å². The number of carbonyl (C=O) groups excluding carboxylic acids is 2. The summed E-state index contributed by atoms with van der Waals surface area (Å²) in [4.78, 5) is 28.0. The van der Waals surface area contributed by atoms with E-state index in [0.717, 1.165) is 16.8 Å². The third kappa shape index (κ3) is 2.86. The molecule has 1 atom stereocenters. The van der Waals surface area contributed by atoms with Crippen LogP contribution in [0.1, 0.15) is 35.5 Å². The van der Waals surface area contributed by atoms with Gasteiger partial charge in [0.2, 0.25) is 0 Å². The third-order valence-corrected chi connectivity index (χ3v) is 3.46. The molecule has 0 aliphatic heterocycles. The normalized spacial score (nSPS) is 12.1. The molecule has 2 N–H and O–H groups in total. The van der Waals surface area contributed by atoms with Crippen molar-refractivity contribution in [3.05, 3.63) is 41.1 Å². The van der Waals surface area contributed by atoms with Crippen molar-refractivity contribution in [2.45, 2.75) is 33.3 Å². The number of nitrogens with two attached hydrogens (primary N) is 1. The summed E-state index contributed by atoms with van der Waals surface area (Å²) >= 11 is 0. The first-order valence-electron chi connectivity index (χ1n) is 6.84. The molecule has 0 unspecified atom stereocenters. The van der Waals surface area contributed by atoms with Crippen molar-refractivity contribution in [3.63, 3.8) is 0 Å². The number of ether oxygens (including phenoxy) is 1. The predicted octanol–water partition coefficient (Wildman–Crippen LogP) is 2.14. The highest BCUT2D eigenvalue weighted by Gasteiger charge is 2.22. The van der Waals surface area contributed by atoms with E-state index in [4.69, 9.17) is 10.5 Å². The van der Waals surface area contributed by atoms with Crippen LogP contribution >= 0.6 is 0 Å². The Morgan fingerprint density at radius 2 is 2.00 bits per heavy atom. The number of primary amides is 1. The first-order valence-corrected chi connectivity index (χ1v) is 6.84. The molecule has 0 bridgehead atoms. The van der Waals surface area contributed by atoms with Crippen molar-refractivity contribution in [2.75, 3.05) is 0 Å². The molecular formula is C16H18N2O3. The molecule has 0 aliphatic rings. The molecule has 2 rings (SSSR count). The van der Waals surface area contributed by atoms with Crippen molar-refractivity contribution in [1.82, 2.24) is 4.98 Å². The highest BCUT2D eigenvalue weighted by molar-refractivity contribution is 6.05. The van der Waals surface area contributed by atoms with Crippen LogP contribution in [0.4, 0.5) is 0 Å². The second kappa shape index (κ2) is 5.91. The molecule has 0 radical (unpaired) electrons. The van der Waals surface area contributed by atoms with Gasteiger partial charge in [-0.05, 0) is 31.9 Å². The molecule has 1 aromatic carbocycles. The Morgan fingerprint density at radius 3 is 2.62 bits per heavy atom. The van der Waals surface area contributed by atoms with E-state index >= 15 is 0 Å². The lowest BCUT2D eigenvalue weighted by Crippen LogP contribution is -2.30. The van der Waals surface area contributed by atoms with Gasteiger partial charge in [-0.2, -0.15) is 0 Å². The van der Waals surface area contributed by atoms with Crippen LogP contribution in [0.5, 0.6) is 0 Å². The fraction of sp³-hybridized carbons (Fsp3) is 0.312. The van der Waals surface area contributed by atoms with E-state index in [-0.39, 0.29) is 0 Å². The van der Waals surface area contributed by atoms with Crippen LogP contribution in [-0.4, -0.2) is 23.0 Å². The number of esters is 1. The lowest BCUT2D eigenvalue weighted by Gasteiger charge is -2.15. The zero-order chi connectivity index (χ0) is 15.6. The molecule has 0 aliphatic carbocycles. The maximum absolute atomic E-state index is 12.4. The van der Waals surface area contributed by atoms with Gasteiger partial charge in [-0.25, -0.2) is 4.79 Å². The van der Waals surface area contributed by atoms with Gasteiger partial charge in [0.1, 0.15) is 0 Å². The van der Waals surface area contributed by atoms with Crippen LogP contribution in [-0.2, 0) is 16.0 Å². The van der Waals surface area contributed by atoms with Crippen molar-refractivity contribution in [1.29, 1.82) is 0 Å². The molecule has 110 valence electrons. The highest BCUT2D eigenvalue weighted by atomic mass is 16.5. The zero-order valence-corrected chi connectivity index (χ0v) is 12.3. The fourth-order valence-electron chi connectivity index (χ4n) is 2.24. The van der Waals surface area contributed by atoms with Crippen molar-refractivity contribution >= 4 is 22.8 Å². The summed E-state index contributed by atoms with van der Waals surface area (Å²) in [5.74, 6) is -1.22. The fourth-order valence-corrected chi connectivity index (χ4v) is 2.24. The van der Waals surface area contributed by atoms with Gasteiger partial charge in [0, 0.05) is 11.1 Å². The lowest BCUT2D eigenvalue weighted by molar-refractivity contribution is -0.125. The number of amides is 1. The molecule has 0 spiro atoms. The zero-order valence-electron chi connectivity index (χ0n) is 12.3. The molecule has 0 saturated heterocycles. The molecule has 21 heavy (non-hydrogen) atoms. The van der Waals surface area contributed by atoms with E-state index in [1.54, 1.807) is 0 Å². The van der Waals surface area contributed by atoms with Crippen molar-refractivity contribution in [2.24, 2.45) is 5.73 Å². The number of nitrogens with zero attached hydrogens (tertiary/aromatic N) is 1. The number of aryl methyl sites for hydroxylation is 1. The van der Waals surface area contributed by atoms with E-state index in [0.29, 0.717) is 17.4 Å². The number of benzene rings is 1. The number of para-hydroxylation sites is 1. The second-order valence-electron chi connectivity index (χ2n) is 4.88. The van der Waals surface area contributed by atoms with Crippen LogP contribution in [0.25, 0.3) is 10.9 Å². The largest absolute Gasteiger partial charge is 0.449 e. The molecule has 1 aromatic heterocycles. The SMILES string of the molecule is CCc1nc2ccccc2c(C(=O)O[C@@H](C)C(N)=O)c1C. The van der Waals surface area contributed by atoms with E-state index < -0.39 is 18.0 Å². The number of carbonyl (C=O) groups is 2. The van der Waals surface area contributed by atoms with Gasteiger partial charge in [-0.3, -0.25) is 9.78 Å². The second-order valence-corrected chi connectivity index (χ2v) is 4.88. The Morgan fingerprint density at radius 1 is 1.33 bits per heavy atom. The number of rotatable bonds is 4. The molecule has 0 fully saturated rings. The Labute approximate surface area is 123 Å². The number of hydrogen-bond donors (Lipinski definition) is 1. The monoisotopic (exact) mass is 286 g/mol. The lowest BCUT2D eigenvalue weighted by atomic mass is 10.0. The summed E-state index contributed by atoms with van der Waals surface area (Å²) in [7, 11) is 0. The maximum atomic E-state index is 12.4. The predicted molar refractivity (Wildman–Crippen MR) is 79.9 cm³/mol. The summed E-state index contributed by atoms with van der Waals surface area (Å²) in [6, 6.07) is 7.37. The Balaban J connectivity index is 2.58. The Bertz CT molecular complexity index is 710. The van der Waals surface area contributed by atoms with E-state index in [9.17, 15) is 9.59 Å². The van der Waals surface area contributed by atoms with Gasteiger partial charge >= 0.3 is 5.97 Å². The minimum absolute atomic E-state index is 0.450. The van der Waals surface area contributed by atoms with Gasteiger partial charge in [0.05, 0.1) is 11.1 Å². The molecular weight excluding hydrogens is 268 g/mol.